The zero-order valence-electron chi connectivity index (χ0n) is 18.4. The first-order chi connectivity index (χ1) is 14.8. The number of aldehydes is 1. The van der Waals surface area contributed by atoms with Gasteiger partial charge in [-0.3, -0.25) is 9.89 Å². The fourth-order valence-corrected chi connectivity index (χ4v) is 5.80. The number of carbonyl (C=O) groups excluding carboxylic acids is 1. The fraction of sp³-hybridized carbons (Fsp3) is 0.600. The summed E-state index contributed by atoms with van der Waals surface area (Å²) in [6.07, 6.45) is 13.7. The molecule has 2 aliphatic heterocycles. The molecule has 6 unspecified atom stereocenters. The minimum absolute atomic E-state index is 0.0769. The molecule has 0 radical (unpaired) electrons. The molecule has 2 fully saturated rings. The predicted octanol–water partition coefficient (Wildman–Crippen LogP) is 5.30. The van der Waals surface area contributed by atoms with Gasteiger partial charge in [0.25, 0.3) is 0 Å². The van der Waals surface area contributed by atoms with E-state index in [1.807, 2.05) is 24.0 Å². The van der Waals surface area contributed by atoms with Crippen molar-refractivity contribution in [3.05, 3.63) is 47.1 Å². The van der Waals surface area contributed by atoms with Crippen molar-refractivity contribution in [1.29, 1.82) is 0 Å². The van der Waals surface area contributed by atoms with Crippen LogP contribution >= 0.6 is 23.2 Å². The zero-order valence-corrected chi connectivity index (χ0v) is 19.9. The monoisotopic (exact) mass is 462 g/mol. The second kappa shape index (κ2) is 8.62. The van der Waals surface area contributed by atoms with E-state index in [2.05, 4.69) is 25.7 Å². The van der Waals surface area contributed by atoms with Crippen molar-refractivity contribution in [2.75, 3.05) is 0 Å². The number of aliphatic hydroxyl groups excluding tert-OH is 1. The van der Waals surface area contributed by atoms with Gasteiger partial charge in [-0.1, -0.05) is 43.7 Å². The molecule has 0 aromatic carbocycles. The highest BCUT2D eigenvalue weighted by Crippen LogP contribution is 2.53. The number of nitrogens with zero attached hydrogens (tertiary/aromatic N) is 2. The number of hydrogen-bond acceptors (Lipinski definition) is 4. The lowest BCUT2D eigenvalue weighted by molar-refractivity contribution is -0.150. The number of hydrogen-bond donors (Lipinski definition) is 1. The Balaban J connectivity index is 1.75. The molecule has 4 nitrogen and oxygen atoms in total. The van der Waals surface area contributed by atoms with Crippen molar-refractivity contribution >= 4 is 35.2 Å². The fourth-order valence-electron chi connectivity index (χ4n) is 5.34. The topological polar surface area (TPSA) is 52.9 Å². The third-order valence-corrected chi connectivity index (χ3v) is 8.27. The summed E-state index contributed by atoms with van der Waals surface area (Å²) in [5.74, 6) is 0. The predicted molar refractivity (Wildman–Crippen MR) is 128 cm³/mol. The molecule has 2 heterocycles. The number of fused-ring (bicyclic) bond motifs is 1. The molecule has 1 saturated heterocycles. The van der Waals surface area contributed by atoms with Crippen LogP contribution in [0.5, 0.6) is 0 Å². The zero-order chi connectivity index (χ0) is 22.4. The number of halogens is 2. The molecule has 1 saturated carbocycles. The van der Waals surface area contributed by atoms with Crippen LogP contribution in [-0.4, -0.2) is 51.2 Å². The maximum atomic E-state index is 12.0. The summed E-state index contributed by atoms with van der Waals surface area (Å²) in [7, 11) is 0. The average Bonchev–Trinajstić information content (AvgIpc) is 3.42. The quantitative estimate of drug-likeness (QED) is 0.317. The number of carbonyl (C=O) groups is 1. The molecular formula is C25H32Cl2N2O2. The minimum atomic E-state index is -0.750. The van der Waals surface area contributed by atoms with Crippen LogP contribution in [0.25, 0.3) is 0 Å². The molecule has 0 aromatic rings. The lowest BCUT2D eigenvalue weighted by Gasteiger charge is -2.52. The number of allylic oxidation sites excluding steroid dienone is 5. The maximum Gasteiger partial charge on any atom is 0.137 e. The van der Waals surface area contributed by atoms with Gasteiger partial charge < -0.3 is 9.90 Å². The normalized spacial score (nSPS) is 38.8. The molecule has 4 rings (SSSR count). The molecule has 6 atom stereocenters. The third-order valence-electron chi connectivity index (χ3n) is 7.44. The van der Waals surface area contributed by atoms with E-state index in [-0.39, 0.29) is 23.5 Å². The second-order valence-electron chi connectivity index (χ2n) is 9.66. The van der Waals surface area contributed by atoms with E-state index in [4.69, 9.17) is 28.2 Å². The number of likely N-dealkylation sites (tertiary alicyclic amines) is 1. The molecule has 1 N–H and O–H groups in total. The number of alkyl halides is 1. The number of dihydropyridines is 1. The van der Waals surface area contributed by atoms with Crippen molar-refractivity contribution < 1.29 is 9.90 Å². The number of aliphatic imine (C=N–C) groups is 1. The Labute approximate surface area is 195 Å². The summed E-state index contributed by atoms with van der Waals surface area (Å²) < 4.78 is 0. The van der Waals surface area contributed by atoms with Gasteiger partial charge in [-0.2, -0.15) is 0 Å². The molecule has 6 heteroatoms. The summed E-state index contributed by atoms with van der Waals surface area (Å²) >= 11 is 13.0. The molecule has 0 bridgehead atoms. The summed E-state index contributed by atoms with van der Waals surface area (Å²) in [5, 5.41) is 12.3. The molecular weight excluding hydrogens is 431 g/mol. The van der Waals surface area contributed by atoms with Gasteiger partial charge in [-0.15, -0.1) is 18.2 Å². The molecule has 0 aromatic heterocycles. The van der Waals surface area contributed by atoms with Crippen LogP contribution in [0.2, 0.25) is 0 Å². The van der Waals surface area contributed by atoms with Crippen LogP contribution in [-0.2, 0) is 4.79 Å². The number of piperidine rings is 1. The van der Waals surface area contributed by atoms with E-state index in [1.165, 1.54) is 5.57 Å². The highest BCUT2D eigenvalue weighted by atomic mass is 35.5. The Kier molecular flexibility index (Phi) is 6.39. The van der Waals surface area contributed by atoms with Gasteiger partial charge in [-0.05, 0) is 62.2 Å². The van der Waals surface area contributed by atoms with Gasteiger partial charge in [0.15, 0.2) is 0 Å². The Morgan fingerprint density at radius 2 is 2.19 bits per heavy atom. The van der Waals surface area contributed by atoms with Crippen molar-refractivity contribution in [1.82, 2.24) is 4.90 Å². The third kappa shape index (κ3) is 4.13. The Morgan fingerprint density at radius 3 is 2.81 bits per heavy atom. The van der Waals surface area contributed by atoms with Crippen LogP contribution in [0.4, 0.5) is 0 Å². The van der Waals surface area contributed by atoms with E-state index >= 15 is 0 Å². The van der Waals surface area contributed by atoms with E-state index in [0.29, 0.717) is 12.8 Å². The lowest BCUT2D eigenvalue weighted by Crippen LogP contribution is -2.62. The van der Waals surface area contributed by atoms with Crippen molar-refractivity contribution in [3.63, 3.8) is 0 Å². The number of rotatable bonds is 7. The van der Waals surface area contributed by atoms with Crippen LogP contribution < -0.4 is 0 Å². The van der Waals surface area contributed by atoms with Gasteiger partial charge in [0.1, 0.15) is 12.5 Å². The Bertz CT molecular complexity index is 892. The summed E-state index contributed by atoms with van der Waals surface area (Å²) in [6.45, 7) is 7.96. The SMILES string of the molecule is C=CCC1(C)CCC(C2=NC3CC3(Cl)C=C2C2=CC=C(Cl)CC2)N(C(C=O)CC)C1O. The Morgan fingerprint density at radius 1 is 1.42 bits per heavy atom. The standard InChI is InChI=1S/C25H32Cl2N2O2/c1-4-11-24(3)12-10-20(29(23(24)31)18(5-2)15-30)22-19(13-25(27)14-21(25)28-22)16-6-8-17(26)9-7-16/h4,6,8,13,15,18,20-21,23,31H,1,5,7,9-12,14H2,2-3H3. The molecule has 168 valence electrons. The molecule has 31 heavy (non-hydrogen) atoms. The summed E-state index contributed by atoms with van der Waals surface area (Å²) in [6, 6.07) is -0.420. The largest absolute Gasteiger partial charge is 0.378 e. The van der Waals surface area contributed by atoms with Crippen molar-refractivity contribution in [2.45, 2.75) is 88.0 Å². The van der Waals surface area contributed by atoms with Gasteiger partial charge >= 0.3 is 0 Å². The van der Waals surface area contributed by atoms with E-state index < -0.39 is 11.1 Å². The van der Waals surface area contributed by atoms with Crippen LogP contribution in [0.1, 0.15) is 58.8 Å². The van der Waals surface area contributed by atoms with Gasteiger partial charge in [0.2, 0.25) is 0 Å². The first-order valence-corrected chi connectivity index (χ1v) is 12.1. The van der Waals surface area contributed by atoms with Gasteiger partial charge in [0.05, 0.1) is 28.7 Å². The minimum Gasteiger partial charge on any atom is -0.378 e. The van der Waals surface area contributed by atoms with Crippen LogP contribution in [0, 0.1) is 5.41 Å². The lowest BCUT2D eigenvalue weighted by atomic mass is 9.72. The molecule has 0 spiro atoms. The van der Waals surface area contributed by atoms with Crippen LogP contribution in [0.3, 0.4) is 0 Å². The molecule has 0 amide bonds. The van der Waals surface area contributed by atoms with E-state index in [9.17, 15) is 9.90 Å². The van der Waals surface area contributed by atoms with Crippen molar-refractivity contribution in [2.24, 2.45) is 10.4 Å². The summed E-state index contributed by atoms with van der Waals surface area (Å²) in [5.41, 5.74) is 2.88. The second-order valence-corrected chi connectivity index (χ2v) is 10.8. The Hall–Kier alpha value is -1.20. The maximum absolute atomic E-state index is 12.0. The summed E-state index contributed by atoms with van der Waals surface area (Å²) in [4.78, 5) is 18.7. The molecule has 2 aliphatic carbocycles. The van der Waals surface area contributed by atoms with Gasteiger partial charge in [-0.25, -0.2) is 0 Å². The van der Waals surface area contributed by atoms with E-state index in [0.717, 1.165) is 54.7 Å². The highest BCUT2D eigenvalue weighted by molar-refractivity contribution is 6.30. The first kappa shape index (κ1) is 23.0. The number of aliphatic hydroxyl groups is 1. The average molecular weight is 463 g/mol. The highest BCUT2D eigenvalue weighted by Gasteiger charge is 2.56. The van der Waals surface area contributed by atoms with E-state index in [1.54, 1.807) is 0 Å². The van der Waals surface area contributed by atoms with Gasteiger partial charge in [0, 0.05) is 10.4 Å². The first-order valence-electron chi connectivity index (χ1n) is 11.3. The smallest absolute Gasteiger partial charge is 0.137 e. The van der Waals surface area contributed by atoms with Crippen LogP contribution in [0.15, 0.2) is 52.1 Å². The molecule has 4 aliphatic rings. The van der Waals surface area contributed by atoms with Crippen molar-refractivity contribution in [3.8, 4) is 0 Å².